The van der Waals surface area contributed by atoms with Crippen LogP contribution in [0.4, 0.5) is 10.1 Å². The fourth-order valence-electron chi connectivity index (χ4n) is 1.42. The molecule has 0 aliphatic heterocycles. The Hall–Kier alpha value is -0.860. The second-order valence-electron chi connectivity index (χ2n) is 3.69. The summed E-state index contributed by atoms with van der Waals surface area (Å²) in [6.07, 6.45) is 0. The molecule has 0 heterocycles. The normalized spacial score (nSPS) is 11.3. The second-order valence-corrected chi connectivity index (χ2v) is 6.99. The first-order chi connectivity index (χ1) is 8.88. The van der Waals surface area contributed by atoms with Crippen LogP contribution in [0.15, 0.2) is 47.4 Å². The van der Waals surface area contributed by atoms with E-state index in [-0.39, 0.29) is 9.92 Å². The lowest BCUT2D eigenvalue weighted by atomic mass is 10.3. The average molecular weight is 412 g/mol. The third kappa shape index (κ3) is 3.58. The molecule has 0 aliphatic carbocycles. The highest BCUT2D eigenvalue weighted by Crippen LogP contribution is 2.24. The van der Waals surface area contributed by atoms with Gasteiger partial charge in [-0.2, -0.15) is 0 Å². The molecule has 0 atom stereocenters. The van der Waals surface area contributed by atoms with Crippen LogP contribution in [0.1, 0.15) is 0 Å². The quantitative estimate of drug-likeness (QED) is 0.779. The molecule has 0 unspecified atom stereocenters. The molecule has 2 aromatic carbocycles. The predicted octanol–water partition coefficient (Wildman–Crippen LogP) is 3.88. The van der Waals surface area contributed by atoms with Gasteiger partial charge in [0, 0.05) is 9.26 Å². The number of anilines is 1. The van der Waals surface area contributed by atoms with Crippen molar-refractivity contribution in [1.29, 1.82) is 0 Å². The van der Waals surface area contributed by atoms with Gasteiger partial charge in [0.2, 0.25) is 0 Å². The highest BCUT2D eigenvalue weighted by Gasteiger charge is 2.18. The van der Waals surface area contributed by atoms with Gasteiger partial charge in [-0.25, -0.2) is 12.8 Å². The van der Waals surface area contributed by atoms with Gasteiger partial charge in [0.15, 0.2) is 0 Å². The number of halogens is 3. The highest BCUT2D eigenvalue weighted by molar-refractivity contribution is 14.1. The number of benzene rings is 2. The molecule has 100 valence electrons. The van der Waals surface area contributed by atoms with Gasteiger partial charge >= 0.3 is 0 Å². The smallest absolute Gasteiger partial charge is 0.263 e. The molecule has 0 saturated carbocycles. The molecule has 0 aromatic heterocycles. The minimum Gasteiger partial charge on any atom is -0.280 e. The van der Waals surface area contributed by atoms with Crippen LogP contribution >= 0.6 is 34.2 Å². The lowest BCUT2D eigenvalue weighted by molar-refractivity contribution is 0.600. The molecule has 0 amide bonds. The molecule has 0 saturated heterocycles. The van der Waals surface area contributed by atoms with Gasteiger partial charge < -0.3 is 0 Å². The van der Waals surface area contributed by atoms with E-state index in [0.29, 0.717) is 5.69 Å². The number of rotatable bonds is 3. The van der Waals surface area contributed by atoms with Crippen molar-refractivity contribution < 1.29 is 12.8 Å². The summed E-state index contributed by atoms with van der Waals surface area (Å²) in [5, 5.41) is -0.155. The van der Waals surface area contributed by atoms with Crippen molar-refractivity contribution in [3.63, 3.8) is 0 Å². The zero-order chi connectivity index (χ0) is 14.0. The van der Waals surface area contributed by atoms with Gasteiger partial charge in [-0.3, -0.25) is 4.72 Å². The predicted molar refractivity (Wildman–Crippen MR) is 81.4 cm³/mol. The first-order valence-corrected chi connectivity index (χ1v) is 8.06. The van der Waals surface area contributed by atoms with Gasteiger partial charge in [0.05, 0.1) is 5.02 Å². The van der Waals surface area contributed by atoms with E-state index in [1.54, 1.807) is 24.3 Å². The summed E-state index contributed by atoms with van der Waals surface area (Å²) < 4.78 is 40.5. The minimum absolute atomic E-state index is 0.155. The highest BCUT2D eigenvalue weighted by atomic mass is 127. The lowest BCUT2D eigenvalue weighted by Gasteiger charge is -2.09. The van der Waals surface area contributed by atoms with Crippen LogP contribution in [0.3, 0.4) is 0 Å². The van der Waals surface area contributed by atoms with Gasteiger partial charge in [0.25, 0.3) is 10.0 Å². The molecule has 7 heteroatoms. The topological polar surface area (TPSA) is 46.2 Å². The molecule has 2 rings (SSSR count). The van der Waals surface area contributed by atoms with Crippen molar-refractivity contribution in [3.8, 4) is 0 Å². The van der Waals surface area contributed by atoms with Crippen LogP contribution in [0.5, 0.6) is 0 Å². The van der Waals surface area contributed by atoms with E-state index in [1.165, 1.54) is 0 Å². The molecule has 0 spiro atoms. The first kappa shape index (κ1) is 14.5. The van der Waals surface area contributed by atoms with Crippen molar-refractivity contribution in [2.24, 2.45) is 0 Å². The second kappa shape index (κ2) is 5.64. The maximum absolute atomic E-state index is 12.9. The maximum Gasteiger partial charge on any atom is 0.263 e. The monoisotopic (exact) mass is 411 g/mol. The van der Waals surface area contributed by atoms with Crippen LogP contribution in [0, 0.1) is 9.39 Å². The van der Waals surface area contributed by atoms with Crippen LogP contribution < -0.4 is 4.72 Å². The molecule has 0 bridgehead atoms. The standard InChI is InChI=1S/C12H8ClFINO2S/c13-11-7-8(14)1-6-12(11)19(17,18)16-10-4-2-9(15)3-5-10/h1-7,16H. The molecular weight excluding hydrogens is 404 g/mol. The van der Waals surface area contributed by atoms with Crippen molar-refractivity contribution in [2.75, 3.05) is 4.72 Å². The molecular formula is C12H8ClFINO2S. The Morgan fingerprint density at radius 3 is 2.32 bits per heavy atom. The number of hydrogen-bond donors (Lipinski definition) is 1. The third-order valence-corrected chi connectivity index (χ3v) is 4.86. The van der Waals surface area contributed by atoms with E-state index in [9.17, 15) is 12.8 Å². The van der Waals surface area contributed by atoms with E-state index >= 15 is 0 Å². The lowest BCUT2D eigenvalue weighted by Crippen LogP contribution is -2.13. The zero-order valence-electron chi connectivity index (χ0n) is 9.40. The van der Waals surface area contributed by atoms with Crippen LogP contribution in [0.2, 0.25) is 5.02 Å². The molecule has 2 aromatic rings. The SMILES string of the molecule is O=S(=O)(Nc1ccc(I)cc1)c1ccc(F)cc1Cl. The Morgan fingerprint density at radius 2 is 1.74 bits per heavy atom. The van der Waals surface area contributed by atoms with Gasteiger partial charge in [-0.1, -0.05) is 11.6 Å². The summed E-state index contributed by atoms with van der Waals surface area (Å²) in [4.78, 5) is -0.158. The van der Waals surface area contributed by atoms with Gasteiger partial charge in [0.1, 0.15) is 10.7 Å². The van der Waals surface area contributed by atoms with E-state index in [2.05, 4.69) is 27.3 Å². The van der Waals surface area contributed by atoms with E-state index in [0.717, 1.165) is 21.8 Å². The van der Waals surface area contributed by atoms with E-state index in [4.69, 9.17) is 11.6 Å². The van der Waals surface area contributed by atoms with Gasteiger partial charge in [-0.15, -0.1) is 0 Å². The van der Waals surface area contributed by atoms with Crippen molar-refractivity contribution in [1.82, 2.24) is 0 Å². The summed E-state index contributed by atoms with van der Waals surface area (Å²) in [5.74, 6) is -0.585. The number of hydrogen-bond acceptors (Lipinski definition) is 2. The summed E-state index contributed by atoms with van der Waals surface area (Å²) in [7, 11) is -3.82. The molecule has 3 nitrogen and oxygen atoms in total. The van der Waals surface area contributed by atoms with Crippen LogP contribution in [0.25, 0.3) is 0 Å². The average Bonchev–Trinajstić information content (AvgIpc) is 2.31. The summed E-state index contributed by atoms with van der Waals surface area (Å²) in [6.45, 7) is 0. The molecule has 0 aliphatic rings. The van der Waals surface area contributed by atoms with Crippen LogP contribution in [-0.2, 0) is 10.0 Å². The van der Waals surface area contributed by atoms with Crippen molar-refractivity contribution in [3.05, 3.63) is 56.9 Å². The molecule has 0 radical (unpaired) electrons. The summed E-state index contributed by atoms with van der Waals surface area (Å²) in [5.41, 5.74) is 0.417. The Balaban J connectivity index is 2.35. The molecule has 19 heavy (non-hydrogen) atoms. The zero-order valence-corrected chi connectivity index (χ0v) is 13.1. The Morgan fingerprint density at radius 1 is 1.11 bits per heavy atom. The Kier molecular flexibility index (Phi) is 4.32. The summed E-state index contributed by atoms with van der Waals surface area (Å²) >= 11 is 7.86. The van der Waals surface area contributed by atoms with Crippen LogP contribution in [-0.4, -0.2) is 8.42 Å². The third-order valence-electron chi connectivity index (χ3n) is 2.28. The Labute approximate surface area is 129 Å². The van der Waals surface area contributed by atoms with E-state index in [1.807, 2.05) is 0 Å². The number of nitrogens with one attached hydrogen (secondary N) is 1. The molecule has 1 N–H and O–H groups in total. The minimum atomic E-state index is -3.82. The summed E-state index contributed by atoms with van der Waals surface area (Å²) in [6, 6.07) is 9.95. The van der Waals surface area contributed by atoms with E-state index < -0.39 is 15.8 Å². The largest absolute Gasteiger partial charge is 0.280 e. The first-order valence-electron chi connectivity index (χ1n) is 5.12. The number of sulfonamides is 1. The Bertz CT molecular complexity index is 704. The van der Waals surface area contributed by atoms with Gasteiger partial charge in [-0.05, 0) is 65.1 Å². The fraction of sp³-hybridized carbons (Fsp3) is 0. The molecule has 0 fully saturated rings. The van der Waals surface area contributed by atoms with Crippen molar-refractivity contribution >= 4 is 49.9 Å². The van der Waals surface area contributed by atoms with Crippen molar-refractivity contribution in [2.45, 2.75) is 4.90 Å². The maximum atomic E-state index is 12.9. The fourth-order valence-corrected chi connectivity index (χ4v) is 3.37.